The number of carbonyl (C=O) groups is 3. The standard InChI is InChI=1S/C21H31N3O4/c1-3-15(2)17-11-7-8-12-18(17)28-14-20(26)24-23-19(25)13-22-21(27)16-9-5-4-6-10-16/h7-8,11-12,15-16H,3-6,9-10,13-14H2,1-2H3,(H,22,27)(H,23,25)(H,24,26)/t15-/m1/s1. The summed E-state index contributed by atoms with van der Waals surface area (Å²) in [5, 5.41) is 2.63. The van der Waals surface area contributed by atoms with Gasteiger partial charge in [0, 0.05) is 5.92 Å². The summed E-state index contributed by atoms with van der Waals surface area (Å²) in [7, 11) is 0. The average Bonchev–Trinajstić information content (AvgIpc) is 2.74. The Labute approximate surface area is 166 Å². The third kappa shape index (κ3) is 6.87. The molecule has 28 heavy (non-hydrogen) atoms. The average molecular weight is 389 g/mol. The van der Waals surface area contributed by atoms with E-state index in [1.165, 1.54) is 6.42 Å². The van der Waals surface area contributed by atoms with Gasteiger partial charge < -0.3 is 10.1 Å². The molecule has 0 bridgehead atoms. The van der Waals surface area contributed by atoms with Crippen molar-refractivity contribution < 1.29 is 19.1 Å². The maximum Gasteiger partial charge on any atom is 0.276 e. The Morgan fingerprint density at radius 3 is 2.46 bits per heavy atom. The lowest BCUT2D eigenvalue weighted by Crippen LogP contribution is -2.48. The Hall–Kier alpha value is -2.57. The van der Waals surface area contributed by atoms with Crippen LogP contribution >= 0.6 is 0 Å². The minimum atomic E-state index is -0.475. The van der Waals surface area contributed by atoms with Crippen molar-refractivity contribution in [1.29, 1.82) is 0 Å². The lowest BCUT2D eigenvalue weighted by Gasteiger charge is -2.20. The molecule has 0 spiro atoms. The van der Waals surface area contributed by atoms with Gasteiger partial charge >= 0.3 is 0 Å². The molecule has 0 aromatic heterocycles. The molecule has 0 unspecified atom stereocenters. The quantitative estimate of drug-likeness (QED) is 0.595. The summed E-state index contributed by atoms with van der Waals surface area (Å²) in [6, 6.07) is 7.61. The molecule has 3 amide bonds. The fourth-order valence-electron chi connectivity index (χ4n) is 3.28. The fraction of sp³-hybridized carbons (Fsp3) is 0.571. The van der Waals surface area contributed by atoms with Crippen molar-refractivity contribution in [1.82, 2.24) is 16.2 Å². The van der Waals surface area contributed by atoms with Gasteiger partial charge in [0.15, 0.2) is 6.61 Å². The zero-order valence-electron chi connectivity index (χ0n) is 16.8. The summed E-state index contributed by atoms with van der Waals surface area (Å²) in [6.45, 7) is 3.83. The van der Waals surface area contributed by atoms with Crippen LogP contribution in [0.2, 0.25) is 0 Å². The summed E-state index contributed by atoms with van der Waals surface area (Å²) in [5.74, 6) is -0.0467. The molecule has 1 atom stereocenters. The van der Waals surface area contributed by atoms with E-state index in [2.05, 4.69) is 30.0 Å². The Kier molecular flexibility index (Phi) is 8.78. The van der Waals surface area contributed by atoms with Crippen LogP contribution < -0.4 is 20.9 Å². The molecule has 7 nitrogen and oxygen atoms in total. The van der Waals surface area contributed by atoms with Gasteiger partial charge in [0.1, 0.15) is 5.75 Å². The maximum absolute atomic E-state index is 12.0. The topological polar surface area (TPSA) is 96.5 Å². The van der Waals surface area contributed by atoms with Crippen LogP contribution in [0.5, 0.6) is 5.75 Å². The van der Waals surface area contributed by atoms with Crippen LogP contribution in [0.3, 0.4) is 0 Å². The molecule has 1 aromatic carbocycles. The molecule has 2 rings (SSSR count). The van der Waals surface area contributed by atoms with Crippen LogP contribution in [0.4, 0.5) is 0 Å². The van der Waals surface area contributed by atoms with Crippen LogP contribution in [0.1, 0.15) is 63.9 Å². The van der Waals surface area contributed by atoms with Gasteiger partial charge in [-0.15, -0.1) is 0 Å². The smallest absolute Gasteiger partial charge is 0.276 e. The summed E-state index contributed by atoms with van der Waals surface area (Å²) in [6.07, 6.45) is 6.00. The first kappa shape index (κ1) is 21.7. The highest BCUT2D eigenvalue weighted by molar-refractivity contribution is 5.87. The number of para-hydroxylation sites is 1. The van der Waals surface area contributed by atoms with E-state index >= 15 is 0 Å². The Morgan fingerprint density at radius 1 is 1.07 bits per heavy atom. The highest BCUT2D eigenvalue weighted by Crippen LogP contribution is 2.28. The largest absolute Gasteiger partial charge is 0.483 e. The second-order valence-corrected chi connectivity index (χ2v) is 7.28. The van der Waals surface area contributed by atoms with Gasteiger partial charge in [-0.1, -0.05) is 51.3 Å². The van der Waals surface area contributed by atoms with E-state index in [1.54, 1.807) is 0 Å². The normalized spacial score (nSPS) is 15.4. The van der Waals surface area contributed by atoms with Crippen molar-refractivity contribution >= 4 is 17.7 Å². The van der Waals surface area contributed by atoms with E-state index in [1.807, 2.05) is 24.3 Å². The van der Waals surface area contributed by atoms with E-state index in [0.717, 1.165) is 37.7 Å². The highest BCUT2D eigenvalue weighted by Gasteiger charge is 2.21. The molecule has 154 valence electrons. The molecule has 1 saturated carbocycles. The third-order valence-electron chi connectivity index (χ3n) is 5.16. The molecule has 0 heterocycles. The van der Waals surface area contributed by atoms with Crippen molar-refractivity contribution in [3.63, 3.8) is 0 Å². The third-order valence-corrected chi connectivity index (χ3v) is 5.16. The lowest BCUT2D eigenvalue weighted by molar-refractivity contribution is -0.131. The number of amides is 3. The van der Waals surface area contributed by atoms with Crippen LogP contribution in [0.25, 0.3) is 0 Å². The number of hydrogen-bond donors (Lipinski definition) is 3. The summed E-state index contributed by atoms with van der Waals surface area (Å²) in [4.78, 5) is 35.7. The first-order chi connectivity index (χ1) is 13.5. The Balaban J connectivity index is 1.68. The number of hydrazine groups is 1. The van der Waals surface area contributed by atoms with Gasteiger partial charge in [0.2, 0.25) is 5.91 Å². The molecular formula is C21H31N3O4. The van der Waals surface area contributed by atoms with E-state index in [0.29, 0.717) is 11.7 Å². The van der Waals surface area contributed by atoms with Gasteiger partial charge in [-0.05, 0) is 36.8 Å². The van der Waals surface area contributed by atoms with Gasteiger partial charge in [-0.25, -0.2) is 0 Å². The molecular weight excluding hydrogens is 358 g/mol. The minimum Gasteiger partial charge on any atom is -0.483 e. The second-order valence-electron chi connectivity index (χ2n) is 7.28. The van der Waals surface area contributed by atoms with Gasteiger partial charge in [0.25, 0.3) is 11.8 Å². The predicted octanol–water partition coefficient (Wildman–Crippen LogP) is 2.42. The number of nitrogens with one attached hydrogen (secondary N) is 3. The van der Waals surface area contributed by atoms with Crippen molar-refractivity contribution in [3.8, 4) is 5.75 Å². The van der Waals surface area contributed by atoms with E-state index < -0.39 is 11.8 Å². The van der Waals surface area contributed by atoms with Crippen molar-refractivity contribution in [2.45, 2.75) is 58.3 Å². The van der Waals surface area contributed by atoms with Gasteiger partial charge in [-0.3, -0.25) is 25.2 Å². The summed E-state index contributed by atoms with van der Waals surface area (Å²) >= 11 is 0. The fourth-order valence-corrected chi connectivity index (χ4v) is 3.28. The molecule has 7 heteroatoms. The first-order valence-corrected chi connectivity index (χ1v) is 10.1. The second kappa shape index (κ2) is 11.3. The maximum atomic E-state index is 12.0. The van der Waals surface area contributed by atoms with Crippen molar-refractivity contribution in [3.05, 3.63) is 29.8 Å². The SMILES string of the molecule is CC[C@@H](C)c1ccccc1OCC(=O)NNC(=O)CNC(=O)C1CCCCC1. The number of rotatable bonds is 8. The monoisotopic (exact) mass is 389 g/mol. The summed E-state index contributed by atoms with van der Waals surface area (Å²) in [5.41, 5.74) is 5.64. The number of benzene rings is 1. The van der Waals surface area contributed by atoms with Gasteiger partial charge in [-0.2, -0.15) is 0 Å². The van der Waals surface area contributed by atoms with E-state index in [-0.39, 0.29) is 25.0 Å². The summed E-state index contributed by atoms with van der Waals surface area (Å²) < 4.78 is 5.60. The van der Waals surface area contributed by atoms with Crippen LogP contribution in [-0.4, -0.2) is 30.9 Å². The molecule has 0 radical (unpaired) electrons. The lowest BCUT2D eigenvalue weighted by atomic mass is 9.89. The predicted molar refractivity (Wildman–Crippen MR) is 107 cm³/mol. The number of carbonyl (C=O) groups excluding carboxylic acids is 3. The Bertz CT molecular complexity index is 671. The van der Waals surface area contributed by atoms with Crippen molar-refractivity contribution in [2.24, 2.45) is 5.92 Å². The van der Waals surface area contributed by atoms with E-state index in [9.17, 15) is 14.4 Å². The van der Waals surface area contributed by atoms with Crippen molar-refractivity contribution in [2.75, 3.05) is 13.2 Å². The van der Waals surface area contributed by atoms with E-state index in [4.69, 9.17) is 4.74 Å². The molecule has 1 aliphatic carbocycles. The molecule has 3 N–H and O–H groups in total. The van der Waals surface area contributed by atoms with Crippen LogP contribution in [-0.2, 0) is 14.4 Å². The minimum absolute atomic E-state index is 0.00452. The number of ether oxygens (including phenoxy) is 1. The first-order valence-electron chi connectivity index (χ1n) is 10.1. The van der Waals surface area contributed by atoms with Crippen LogP contribution in [0, 0.1) is 5.92 Å². The molecule has 1 aliphatic rings. The molecule has 0 aliphatic heterocycles. The highest BCUT2D eigenvalue weighted by atomic mass is 16.5. The molecule has 1 aromatic rings. The number of hydrogen-bond acceptors (Lipinski definition) is 4. The van der Waals surface area contributed by atoms with Gasteiger partial charge in [0.05, 0.1) is 6.54 Å². The Morgan fingerprint density at radius 2 is 1.75 bits per heavy atom. The molecule has 0 saturated heterocycles. The zero-order chi connectivity index (χ0) is 20.4. The molecule has 1 fully saturated rings. The zero-order valence-corrected chi connectivity index (χ0v) is 16.8. The van der Waals surface area contributed by atoms with Crippen LogP contribution in [0.15, 0.2) is 24.3 Å².